The lowest BCUT2D eigenvalue weighted by atomic mass is 10.2. The highest BCUT2D eigenvalue weighted by Crippen LogP contribution is 2.30. The summed E-state index contributed by atoms with van der Waals surface area (Å²) in [6, 6.07) is 4.20. The number of carbonyl (C=O) groups is 2. The zero-order valence-electron chi connectivity index (χ0n) is 16.4. The fourth-order valence-electron chi connectivity index (χ4n) is 2.99. The van der Waals surface area contributed by atoms with Gasteiger partial charge in [0, 0.05) is 11.4 Å². The molecule has 29 heavy (non-hydrogen) atoms. The normalized spacial score (nSPS) is 19.3. The van der Waals surface area contributed by atoms with Gasteiger partial charge < -0.3 is 14.2 Å². The number of amides is 1. The van der Waals surface area contributed by atoms with Crippen LogP contribution in [-0.4, -0.2) is 58.3 Å². The molecule has 2 atom stereocenters. The lowest BCUT2D eigenvalue weighted by Gasteiger charge is -2.27. The number of carbonyl (C=O) groups excluding carboxylic acids is 2. The third kappa shape index (κ3) is 5.00. The fourth-order valence-corrected chi connectivity index (χ4v) is 3.33. The zero-order valence-corrected chi connectivity index (χ0v) is 18.0. The van der Waals surface area contributed by atoms with E-state index in [1.54, 1.807) is 39.0 Å². The molecule has 0 N–H and O–H groups in total. The molecule has 1 amide bonds. The standard InChI is InChI=1S/C19H21Cl2N3O5/c1-19(2,3)29-18(26)24-9-11(8-14(24)17(25)27-4)28-16-15(21)22-12-6-5-10(20)7-13(12)23-16/h5-7,11,14H,8-9H2,1-4H3. The van der Waals surface area contributed by atoms with E-state index in [1.807, 2.05) is 0 Å². The van der Waals surface area contributed by atoms with Crippen LogP contribution in [0.1, 0.15) is 27.2 Å². The highest BCUT2D eigenvalue weighted by atomic mass is 35.5. The molecule has 2 unspecified atom stereocenters. The van der Waals surface area contributed by atoms with Crippen LogP contribution in [0, 0.1) is 0 Å². The maximum absolute atomic E-state index is 12.5. The van der Waals surface area contributed by atoms with Crippen molar-refractivity contribution in [1.29, 1.82) is 0 Å². The molecule has 1 aromatic carbocycles. The van der Waals surface area contributed by atoms with Crippen molar-refractivity contribution >= 4 is 46.3 Å². The molecule has 0 bridgehead atoms. The van der Waals surface area contributed by atoms with Crippen LogP contribution in [0.3, 0.4) is 0 Å². The minimum absolute atomic E-state index is 0.0742. The summed E-state index contributed by atoms with van der Waals surface area (Å²) in [4.78, 5) is 34.6. The second kappa shape index (κ2) is 8.20. The molecule has 0 spiro atoms. The zero-order chi connectivity index (χ0) is 21.3. The van der Waals surface area contributed by atoms with E-state index in [0.717, 1.165) is 0 Å². The Kier molecular flexibility index (Phi) is 6.05. The number of fused-ring (bicyclic) bond motifs is 1. The Morgan fingerprint density at radius 3 is 2.55 bits per heavy atom. The molecule has 1 saturated heterocycles. The number of hydrogen-bond donors (Lipinski definition) is 0. The molecular formula is C19H21Cl2N3O5. The van der Waals surface area contributed by atoms with Crippen molar-refractivity contribution in [3.05, 3.63) is 28.4 Å². The van der Waals surface area contributed by atoms with Gasteiger partial charge >= 0.3 is 12.1 Å². The van der Waals surface area contributed by atoms with E-state index in [4.69, 9.17) is 37.4 Å². The number of rotatable bonds is 3. The van der Waals surface area contributed by atoms with Gasteiger partial charge in [-0.25, -0.2) is 19.6 Å². The van der Waals surface area contributed by atoms with Crippen molar-refractivity contribution in [2.45, 2.75) is 44.9 Å². The van der Waals surface area contributed by atoms with Gasteiger partial charge in [-0.15, -0.1) is 0 Å². The summed E-state index contributed by atoms with van der Waals surface area (Å²) < 4.78 is 16.1. The summed E-state index contributed by atoms with van der Waals surface area (Å²) >= 11 is 12.2. The van der Waals surface area contributed by atoms with E-state index in [-0.39, 0.29) is 24.0 Å². The molecule has 1 aliphatic heterocycles. The molecule has 8 nitrogen and oxygen atoms in total. The number of benzene rings is 1. The first-order valence-corrected chi connectivity index (χ1v) is 9.70. The topological polar surface area (TPSA) is 90.9 Å². The van der Waals surface area contributed by atoms with Gasteiger partial charge in [0.25, 0.3) is 5.88 Å². The van der Waals surface area contributed by atoms with E-state index in [1.165, 1.54) is 12.0 Å². The molecule has 10 heteroatoms. The Balaban J connectivity index is 1.82. The van der Waals surface area contributed by atoms with Crippen LogP contribution in [0.5, 0.6) is 5.88 Å². The molecule has 2 aromatic rings. The molecule has 0 saturated carbocycles. The van der Waals surface area contributed by atoms with Gasteiger partial charge in [-0.1, -0.05) is 23.2 Å². The van der Waals surface area contributed by atoms with Gasteiger partial charge in [0.05, 0.1) is 24.7 Å². The first-order valence-electron chi connectivity index (χ1n) is 8.94. The summed E-state index contributed by atoms with van der Waals surface area (Å²) in [6.07, 6.45) is -0.964. The summed E-state index contributed by atoms with van der Waals surface area (Å²) in [5.74, 6) is -0.453. The predicted molar refractivity (Wildman–Crippen MR) is 107 cm³/mol. The molecular weight excluding hydrogens is 421 g/mol. The highest BCUT2D eigenvalue weighted by Gasteiger charge is 2.43. The minimum Gasteiger partial charge on any atom is -0.470 e. The smallest absolute Gasteiger partial charge is 0.411 e. The maximum atomic E-state index is 12.5. The number of esters is 1. The van der Waals surface area contributed by atoms with Crippen LogP contribution in [-0.2, 0) is 14.3 Å². The largest absolute Gasteiger partial charge is 0.470 e. The minimum atomic E-state index is -0.832. The number of methoxy groups -OCH3 is 1. The molecule has 0 radical (unpaired) electrons. The van der Waals surface area contributed by atoms with E-state index in [9.17, 15) is 9.59 Å². The van der Waals surface area contributed by atoms with Crippen LogP contribution >= 0.6 is 23.2 Å². The lowest BCUT2D eigenvalue weighted by Crippen LogP contribution is -2.44. The summed E-state index contributed by atoms with van der Waals surface area (Å²) in [5, 5.41) is 0.577. The highest BCUT2D eigenvalue weighted by molar-refractivity contribution is 6.32. The lowest BCUT2D eigenvalue weighted by molar-refractivity contribution is -0.145. The number of aromatic nitrogens is 2. The van der Waals surface area contributed by atoms with Crippen molar-refractivity contribution in [1.82, 2.24) is 14.9 Å². The van der Waals surface area contributed by atoms with Crippen LogP contribution in [0.4, 0.5) is 4.79 Å². The number of nitrogens with zero attached hydrogens (tertiary/aromatic N) is 3. The van der Waals surface area contributed by atoms with Gasteiger partial charge in [-0.2, -0.15) is 0 Å². The number of halogens is 2. The molecule has 1 aromatic heterocycles. The van der Waals surface area contributed by atoms with Gasteiger partial charge in [-0.05, 0) is 39.0 Å². The third-order valence-electron chi connectivity index (χ3n) is 4.20. The van der Waals surface area contributed by atoms with Gasteiger partial charge in [-0.3, -0.25) is 4.90 Å². The first kappa shape index (κ1) is 21.4. The van der Waals surface area contributed by atoms with E-state index < -0.39 is 29.8 Å². The monoisotopic (exact) mass is 441 g/mol. The molecule has 1 fully saturated rings. The Morgan fingerprint density at radius 1 is 1.17 bits per heavy atom. The van der Waals surface area contributed by atoms with Crippen molar-refractivity contribution in [3.8, 4) is 5.88 Å². The quantitative estimate of drug-likeness (QED) is 0.667. The van der Waals surface area contributed by atoms with Crippen LogP contribution in [0.2, 0.25) is 10.2 Å². The molecule has 1 aliphatic rings. The van der Waals surface area contributed by atoms with Crippen molar-refractivity contribution in [3.63, 3.8) is 0 Å². The maximum Gasteiger partial charge on any atom is 0.411 e. The van der Waals surface area contributed by atoms with E-state index in [0.29, 0.717) is 16.1 Å². The van der Waals surface area contributed by atoms with Crippen molar-refractivity contribution in [2.75, 3.05) is 13.7 Å². The second-order valence-electron chi connectivity index (χ2n) is 7.60. The fraction of sp³-hybridized carbons (Fsp3) is 0.474. The number of hydrogen-bond acceptors (Lipinski definition) is 7. The Bertz CT molecular complexity index is 947. The SMILES string of the molecule is COC(=O)C1CC(Oc2nc3cc(Cl)ccc3nc2Cl)CN1C(=O)OC(C)(C)C. The molecule has 3 rings (SSSR count). The summed E-state index contributed by atoms with van der Waals surface area (Å²) in [5.41, 5.74) is 0.382. The van der Waals surface area contributed by atoms with Crippen molar-refractivity contribution in [2.24, 2.45) is 0 Å². The summed E-state index contributed by atoms with van der Waals surface area (Å²) in [6.45, 7) is 5.35. The average molecular weight is 442 g/mol. The van der Waals surface area contributed by atoms with Crippen LogP contribution < -0.4 is 4.74 Å². The van der Waals surface area contributed by atoms with Crippen LogP contribution in [0.15, 0.2) is 18.2 Å². The Labute approximate surface area is 178 Å². The predicted octanol–water partition coefficient (Wildman–Crippen LogP) is 3.87. The Hall–Kier alpha value is -2.32. The molecule has 2 heterocycles. The van der Waals surface area contributed by atoms with Gasteiger partial charge in [0.15, 0.2) is 5.15 Å². The van der Waals surface area contributed by atoms with E-state index >= 15 is 0 Å². The molecule has 156 valence electrons. The van der Waals surface area contributed by atoms with E-state index in [2.05, 4.69) is 9.97 Å². The number of ether oxygens (including phenoxy) is 3. The van der Waals surface area contributed by atoms with Gasteiger partial charge in [0.1, 0.15) is 17.7 Å². The third-order valence-corrected chi connectivity index (χ3v) is 4.68. The number of likely N-dealkylation sites (tertiary alicyclic amines) is 1. The first-order chi connectivity index (χ1) is 13.6. The Morgan fingerprint density at radius 2 is 1.90 bits per heavy atom. The van der Waals surface area contributed by atoms with Gasteiger partial charge in [0.2, 0.25) is 0 Å². The average Bonchev–Trinajstić information content (AvgIpc) is 3.05. The molecule has 0 aliphatic carbocycles. The summed E-state index contributed by atoms with van der Waals surface area (Å²) in [7, 11) is 1.26. The van der Waals surface area contributed by atoms with Crippen LogP contribution in [0.25, 0.3) is 11.0 Å². The van der Waals surface area contributed by atoms with Crippen molar-refractivity contribution < 1.29 is 23.8 Å². The second-order valence-corrected chi connectivity index (χ2v) is 8.39.